The summed E-state index contributed by atoms with van der Waals surface area (Å²) in [4.78, 5) is 22.8. The first-order valence-electron chi connectivity index (χ1n) is 7.69. The third-order valence-corrected chi connectivity index (χ3v) is 6.14. The smallest absolute Gasteiger partial charge is 0.273 e. The highest BCUT2D eigenvalue weighted by molar-refractivity contribution is 9.10. The predicted molar refractivity (Wildman–Crippen MR) is 109 cm³/mol. The van der Waals surface area contributed by atoms with Gasteiger partial charge < -0.3 is 0 Å². The summed E-state index contributed by atoms with van der Waals surface area (Å²) in [5, 5.41) is 22.0. The Morgan fingerprint density at radius 3 is 2.70 bits per heavy atom. The van der Waals surface area contributed by atoms with E-state index < -0.39 is 10.8 Å². The van der Waals surface area contributed by atoms with Crippen molar-refractivity contribution >= 4 is 55.8 Å². The second-order valence-corrected chi connectivity index (χ2v) is 8.62. The summed E-state index contributed by atoms with van der Waals surface area (Å²) < 4.78 is 1.75. The Kier molecular flexibility index (Phi) is 6.19. The van der Waals surface area contributed by atoms with Crippen molar-refractivity contribution in [2.45, 2.75) is 17.0 Å². The molecule has 27 heavy (non-hydrogen) atoms. The van der Waals surface area contributed by atoms with Gasteiger partial charge in [0.15, 0.2) is 4.34 Å². The Hall–Kier alpha value is -2.30. The zero-order valence-electron chi connectivity index (χ0n) is 14.0. The summed E-state index contributed by atoms with van der Waals surface area (Å²) in [6, 6.07) is 12.3. The van der Waals surface area contributed by atoms with Gasteiger partial charge in [-0.05, 0) is 30.7 Å². The number of thioether (sulfide) groups is 1. The topological polar surface area (TPSA) is 98.0 Å². The zero-order chi connectivity index (χ0) is 19.4. The van der Waals surface area contributed by atoms with Crippen LogP contribution >= 0.6 is 39.0 Å². The highest BCUT2D eigenvalue weighted by Gasteiger charge is 2.16. The summed E-state index contributed by atoms with van der Waals surface area (Å²) >= 11 is 6.18. The van der Waals surface area contributed by atoms with E-state index in [1.807, 2.05) is 24.3 Å². The van der Waals surface area contributed by atoms with Gasteiger partial charge >= 0.3 is 0 Å². The number of carbonyl (C=O) groups excluding carboxylic acids is 1. The molecule has 1 N–H and O–H groups in total. The number of carbonyl (C=O) groups is 1. The molecule has 3 rings (SSSR count). The van der Waals surface area contributed by atoms with Gasteiger partial charge in [-0.1, -0.05) is 57.2 Å². The average Bonchev–Trinajstić information content (AvgIpc) is 3.08. The maximum absolute atomic E-state index is 12.3. The quantitative estimate of drug-likeness (QED) is 0.237. The molecule has 0 saturated carbocycles. The first-order valence-corrected chi connectivity index (χ1v) is 10.3. The third kappa shape index (κ3) is 5.12. The molecule has 10 heteroatoms. The van der Waals surface area contributed by atoms with Crippen LogP contribution in [0.3, 0.4) is 0 Å². The van der Waals surface area contributed by atoms with Gasteiger partial charge in [0.2, 0.25) is 5.13 Å². The summed E-state index contributed by atoms with van der Waals surface area (Å²) in [6.07, 6.45) is 0. The van der Waals surface area contributed by atoms with Crippen molar-refractivity contribution in [2.24, 2.45) is 0 Å². The van der Waals surface area contributed by atoms with Gasteiger partial charge in [0.05, 0.1) is 4.92 Å². The number of nitro benzene ring substituents is 1. The van der Waals surface area contributed by atoms with Crippen molar-refractivity contribution in [1.82, 2.24) is 10.2 Å². The van der Waals surface area contributed by atoms with E-state index >= 15 is 0 Å². The minimum absolute atomic E-state index is 0.0920. The highest BCUT2D eigenvalue weighted by atomic mass is 79.9. The van der Waals surface area contributed by atoms with Crippen molar-refractivity contribution in [3.63, 3.8) is 0 Å². The molecule has 0 bridgehead atoms. The van der Waals surface area contributed by atoms with Gasteiger partial charge in [-0.2, -0.15) is 0 Å². The number of aryl methyl sites for hydroxylation is 1. The lowest BCUT2D eigenvalue weighted by atomic mass is 10.1. The lowest BCUT2D eigenvalue weighted by molar-refractivity contribution is -0.385. The van der Waals surface area contributed by atoms with Crippen LogP contribution in [0.4, 0.5) is 10.8 Å². The predicted octanol–water partition coefficient (Wildman–Crippen LogP) is 5.06. The molecule has 1 amide bonds. The molecule has 0 spiro atoms. The largest absolute Gasteiger partial charge is 0.296 e. The molecule has 0 aliphatic carbocycles. The Morgan fingerprint density at radius 2 is 2.00 bits per heavy atom. The molecule has 2 aromatic carbocycles. The molecule has 3 aromatic rings. The molecule has 0 radical (unpaired) electrons. The molecule has 7 nitrogen and oxygen atoms in total. The van der Waals surface area contributed by atoms with Crippen molar-refractivity contribution in [1.29, 1.82) is 0 Å². The van der Waals surface area contributed by atoms with Crippen LogP contribution in [-0.2, 0) is 5.75 Å². The number of nitro groups is 1. The number of halogens is 1. The number of hydrogen-bond acceptors (Lipinski definition) is 7. The van der Waals surface area contributed by atoms with Gasteiger partial charge in [0.1, 0.15) is 0 Å². The molecule has 1 heterocycles. The Morgan fingerprint density at radius 1 is 1.26 bits per heavy atom. The number of amides is 1. The SMILES string of the molecule is Cc1ccc(C(=O)Nc2nnc(SCc3ccc(Br)cc3)s2)cc1[N+](=O)[O-]. The van der Waals surface area contributed by atoms with Crippen LogP contribution in [0.2, 0.25) is 0 Å². The number of anilines is 1. The first-order chi connectivity index (χ1) is 12.9. The Bertz CT molecular complexity index is 992. The molecular formula is C17H13BrN4O3S2. The molecule has 0 aliphatic heterocycles. The highest BCUT2D eigenvalue weighted by Crippen LogP contribution is 2.29. The second-order valence-electron chi connectivity index (χ2n) is 5.50. The van der Waals surface area contributed by atoms with E-state index in [-0.39, 0.29) is 11.3 Å². The maximum Gasteiger partial charge on any atom is 0.273 e. The molecule has 1 aromatic heterocycles. The fourth-order valence-corrected chi connectivity index (χ4v) is 4.13. The number of rotatable bonds is 6. The van der Waals surface area contributed by atoms with E-state index in [1.165, 1.54) is 29.2 Å². The van der Waals surface area contributed by atoms with Gasteiger partial charge in [0.25, 0.3) is 11.6 Å². The average molecular weight is 465 g/mol. The summed E-state index contributed by atoms with van der Waals surface area (Å²) in [5.74, 6) is 0.277. The maximum atomic E-state index is 12.3. The van der Waals surface area contributed by atoms with Crippen molar-refractivity contribution < 1.29 is 9.72 Å². The molecule has 138 valence electrons. The number of aromatic nitrogens is 2. The Balaban J connectivity index is 1.63. The number of hydrogen-bond donors (Lipinski definition) is 1. The second kappa shape index (κ2) is 8.59. The van der Waals surface area contributed by atoms with Crippen LogP contribution in [0.5, 0.6) is 0 Å². The third-order valence-electron chi connectivity index (χ3n) is 3.57. The lowest BCUT2D eigenvalue weighted by Crippen LogP contribution is -2.12. The number of nitrogens with zero attached hydrogens (tertiary/aromatic N) is 3. The van der Waals surface area contributed by atoms with Crippen LogP contribution in [0.25, 0.3) is 0 Å². The standard InChI is InChI=1S/C17H13BrN4O3S2/c1-10-2-5-12(8-14(10)22(24)25)15(23)19-16-20-21-17(27-16)26-9-11-3-6-13(18)7-4-11/h2-8H,9H2,1H3,(H,19,20,23). The van der Waals surface area contributed by atoms with Gasteiger partial charge in [-0.15, -0.1) is 10.2 Å². The Labute approximate surface area is 171 Å². The van der Waals surface area contributed by atoms with Gasteiger partial charge in [-0.3, -0.25) is 20.2 Å². The zero-order valence-corrected chi connectivity index (χ0v) is 17.2. The molecule has 0 fully saturated rings. The van der Waals surface area contributed by atoms with Crippen LogP contribution in [0, 0.1) is 17.0 Å². The molecule has 0 unspecified atom stereocenters. The van der Waals surface area contributed by atoms with Gasteiger partial charge in [-0.25, -0.2) is 0 Å². The van der Waals surface area contributed by atoms with Crippen molar-refractivity contribution in [3.8, 4) is 0 Å². The number of nitrogens with one attached hydrogen (secondary N) is 1. The molecule has 0 atom stereocenters. The van der Waals surface area contributed by atoms with Crippen molar-refractivity contribution in [2.75, 3.05) is 5.32 Å². The van der Waals surface area contributed by atoms with E-state index in [0.717, 1.165) is 20.1 Å². The molecule has 0 saturated heterocycles. The minimum atomic E-state index is -0.506. The fourth-order valence-electron chi connectivity index (χ4n) is 2.16. The number of benzene rings is 2. The van der Waals surface area contributed by atoms with E-state index in [9.17, 15) is 14.9 Å². The van der Waals surface area contributed by atoms with E-state index in [1.54, 1.807) is 19.1 Å². The first kappa shape index (κ1) is 19.5. The molecule has 0 aliphatic rings. The van der Waals surface area contributed by atoms with E-state index in [2.05, 4.69) is 31.4 Å². The van der Waals surface area contributed by atoms with Crippen LogP contribution in [0.1, 0.15) is 21.5 Å². The van der Waals surface area contributed by atoms with Crippen LogP contribution in [-0.4, -0.2) is 21.0 Å². The fraction of sp³-hybridized carbons (Fsp3) is 0.118. The monoisotopic (exact) mass is 464 g/mol. The summed E-state index contributed by atoms with van der Waals surface area (Å²) in [6.45, 7) is 1.62. The van der Waals surface area contributed by atoms with E-state index in [0.29, 0.717) is 10.7 Å². The minimum Gasteiger partial charge on any atom is -0.296 e. The lowest BCUT2D eigenvalue weighted by Gasteiger charge is -2.02. The van der Waals surface area contributed by atoms with Crippen LogP contribution in [0.15, 0.2) is 51.3 Å². The summed E-state index contributed by atoms with van der Waals surface area (Å²) in [7, 11) is 0. The van der Waals surface area contributed by atoms with Crippen LogP contribution < -0.4 is 5.32 Å². The normalized spacial score (nSPS) is 10.6. The van der Waals surface area contributed by atoms with Crippen molar-refractivity contribution in [3.05, 3.63) is 73.7 Å². The van der Waals surface area contributed by atoms with Gasteiger partial charge in [0, 0.05) is 27.4 Å². The molecular weight excluding hydrogens is 452 g/mol. The summed E-state index contributed by atoms with van der Waals surface area (Å²) in [5.41, 5.74) is 1.76. The van der Waals surface area contributed by atoms with E-state index in [4.69, 9.17) is 0 Å².